The number of hydrogen-bond acceptors (Lipinski definition) is 6. The number of benzene rings is 2. The molecule has 0 saturated heterocycles. The Kier molecular flexibility index (Phi) is 9.66. The third kappa shape index (κ3) is 7.60. The van der Waals surface area contributed by atoms with Crippen LogP contribution in [0.5, 0.6) is 0 Å². The van der Waals surface area contributed by atoms with Crippen LogP contribution in [-0.4, -0.2) is 30.6 Å². The van der Waals surface area contributed by atoms with E-state index in [1.54, 1.807) is 12.1 Å². The molecule has 0 saturated carbocycles. The summed E-state index contributed by atoms with van der Waals surface area (Å²) in [7, 11) is 1.37. The van der Waals surface area contributed by atoms with Crippen LogP contribution in [0, 0.1) is 0 Å². The van der Waals surface area contributed by atoms with Crippen molar-refractivity contribution in [1.29, 1.82) is 0 Å². The molecule has 0 unspecified atom stereocenters. The van der Waals surface area contributed by atoms with E-state index in [0.29, 0.717) is 21.3 Å². The number of thioether (sulfide) groups is 1. The quantitative estimate of drug-likeness (QED) is 0.236. The number of halogens is 1. The van der Waals surface area contributed by atoms with Crippen LogP contribution in [0.15, 0.2) is 53.4 Å². The zero-order valence-corrected chi connectivity index (χ0v) is 23.0. The van der Waals surface area contributed by atoms with Crippen molar-refractivity contribution in [2.24, 2.45) is 0 Å². The molecule has 0 aliphatic heterocycles. The minimum absolute atomic E-state index is 0.134. The van der Waals surface area contributed by atoms with Crippen LogP contribution in [0.2, 0.25) is 5.02 Å². The molecule has 0 spiro atoms. The van der Waals surface area contributed by atoms with Crippen molar-refractivity contribution in [3.8, 4) is 0 Å². The highest BCUT2D eigenvalue weighted by Crippen LogP contribution is 2.37. The highest BCUT2D eigenvalue weighted by Gasteiger charge is 2.25. The molecule has 0 radical (unpaired) electrons. The standard InChI is InChI=1S/C28H29ClN2O4S2/c1-35-28(34)26-22-9-4-2-3-5-10-23(22)37-27(26)31-25(33)17-36-21-8-6-7-20(16-21)30-24(32)15-18-11-13-19(29)14-12-18/h6-8,11-14,16H,2-5,9-10,15,17H2,1H3,(H,30,32)(H,31,33). The first-order valence-corrected chi connectivity index (χ1v) is 14.4. The van der Waals surface area contributed by atoms with Gasteiger partial charge in [0.1, 0.15) is 5.00 Å². The Bertz CT molecular complexity index is 1270. The molecule has 1 aromatic heterocycles. The Morgan fingerprint density at radius 1 is 0.973 bits per heavy atom. The molecule has 4 rings (SSSR count). The van der Waals surface area contributed by atoms with Crippen molar-refractivity contribution < 1.29 is 19.1 Å². The van der Waals surface area contributed by atoms with E-state index in [1.807, 2.05) is 36.4 Å². The van der Waals surface area contributed by atoms with E-state index >= 15 is 0 Å². The van der Waals surface area contributed by atoms with Gasteiger partial charge >= 0.3 is 5.97 Å². The van der Waals surface area contributed by atoms with E-state index in [1.165, 1.54) is 41.5 Å². The van der Waals surface area contributed by atoms with Gasteiger partial charge in [0.25, 0.3) is 0 Å². The van der Waals surface area contributed by atoms with Crippen LogP contribution in [0.4, 0.5) is 10.7 Å². The number of fused-ring (bicyclic) bond motifs is 1. The summed E-state index contributed by atoms with van der Waals surface area (Å²) < 4.78 is 5.04. The summed E-state index contributed by atoms with van der Waals surface area (Å²) in [6.07, 6.45) is 6.44. The smallest absolute Gasteiger partial charge is 0.341 e. The lowest BCUT2D eigenvalue weighted by Gasteiger charge is -2.11. The number of carbonyl (C=O) groups excluding carboxylic acids is 3. The zero-order valence-electron chi connectivity index (χ0n) is 20.6. The molecule has 2 amide bonds. The minimum atomic E-state index is -0.400. The summed E-state index contributed by atoms with van der Waals surface area (Å²) in [5.74, 6) is -0.554. The van der Waals surface area contributed by atoms with Gasteiger partial charge in [-0.2, -0.15) is 0 Å². The van der Waals surface area contributed by atoms with E-state index in [2.05, 4.69) is 10.6 Å². The van der Waals surface area contributed by atoms with Crippen LogP contribution in [0.3, 0.4) is 0 Å². The number of ether oxygens (including phenoxy) is 1. The monoisotopic (exact) mass is 556 g/mol. The zero-order chi connectivity index (χ0) is 26.2. The van der Waals surface area contributed by atoms with Crippen molar-refractivity contribution in [3.63, 3.8) is 0 Å². The van der Waals surface area contributed by atoms with Crippen LogP contribution < -0.4 is 10.6 Å². The molecular formula is C28H29ClN2O4S2. The Labute approximate surface area is 230 Å². The highest BCUT2D eigenvalue weighted by molar-refractivity contribution is 8.00. The van der Waals surface area contributed by atoms with Crippen molar-refractivity contribution >= 4 is 63.2 Å². The molecule has 0 fully saturated rings. The maximum Gasteiger partial charge on any atom is 0.341 e. The van der Waals surface area contributed by atoms with E-state index < -0.39 is 5.97 Å². The number of anilines is 2. The van der Waals surface area contributed by atoms with Gasteiger partial charge < -0.3 is 15.4 Å². The van der Waals surface area contributed by atoms with Gasteiger partial charge in [0.15, 0.2) is 0 Å². The summed E-state index contributed by atoms with van der Waals surface area (Å²) in [4.78, 5) is 39.9. The number of hydrogen-bond donors (Lipinski definition) is 2. The highest BCUT2D eigenvalue weighted by atomic mass is 35.5. The number of methoxy groups -OCH3 is 1. The minimum Gasteiger partial charge on any atom is -0.465 e. The second kappa shape index (κ2) is 13.1. The molecule has 6 nitrogen and oxygen atoms in total. The Balaban J connectivity index is 1.36. The third-order valence-corrected chi connectivity index (χ3v) is 8.53. The molecule has 37 heavy (non-hydrogen) atoms. The fourth-order valence-electron chi connectivity index (χ4n) is 4.29. The molecular weight excluding hydrogens is 528 g/mol. The first-order chi connectivity index (χ1) is 17.9. The largest absolute Gasteiger partial charge is 0.465 e. The van der Waals surface area contributed by atoms with Gasteiger partial charge in [-0.15, -0.1) is 23.1 Å². The first-order valence-electron chi connectivity index (χ1n) is 12.2. The number of nitrogens with one attached hydrogen (secondary N) is 2. The van der Waals surface area contributed by atoms with Gasteiger partial charge in [-0.25, -0.2) is 4.79 Å². The van der Waals surface area contributed by atoms with Gasteiger partial charge in [0.2, 0.25) is 11.8 Å². The van der Waals surface area contributed by atoms with E-state index in [9.17, 15) is 14.4 Å². The summed E-state index contributed by atoms with van der Waals surface area (Å²) >= 11 is 8.76. The van der Waals surface area contributed by atoms with Crippen LogP contribution in [0.25, 0.3) is 0 Å². The average Bonchev–Trinajstić information content (AvgIpc) is 3.19. The summed E-state index contributed by atoms with van der Waals surface area (Å²) in [5.41, 5.74) is 3.07. The lowest BCUT2D eigenvalue weighted by Crippen LogP contribution is -2.16. The van der Waals surface area contributed by atoms with Crippen molar-refractivity contribution in [2.45, 2.75) is 49.8 Å². The van der Waals surface area contributed by atoms with Gasteiger partial charge in [-0.3, -0.25) is 9.59 Å². The molecule has 0 bridgehead atoms. The van der Waals surface area contributed by atoms with Gasteiger partial charge in [-0.1, -0.05) is 42.6 Å². The molecule has 2 N–H and O–H groups in total. The van der Waals surface area contributed by atoms with E-state index in [0.717, 1.165) is 48.1 Å². The van der Waals surface area contributed by atoms with Crippen LogP contribution in [-0.2, 0) is 33.6 Å². The van der Waals surface area contributed by atoms with Crippen molar-refractivity contribution in [1.82, 2.24) is 0 Å². The molecule has 1 heterocycles. The normalized spacial score (nSPS) is 13.1. The van der Waals surface area contributed by atoms with Crippen LogP contribution >= 0.6 is 34.7 Å². The number of thiophene rings is 1. The molecule has 1 aliphatic carbocycles. The summed E-state index contributed by atoms with van der Waals surface area (Å²) in [5, 5.41) is 7.06. The van der Waals surface area contributed by atoms with Crippen molar-refractivity contribution in [2.75, 3.05) is 23.5 Å². The summed E-state index contributed by atoms with van der Waals surface area (Å²) in [6.45, 7) is 0. The number of aryl methyl sites for hydroxylation is 1. The molecule has 9 heteroatoms. The predicted molar refractivity (Wildman–Crippen MR) is 151 cm³/mol. The lowest BCUT2D eigenvalue weighted by molar-refractivity contribution is -0.115. The topological polar surface area (TPSA) is 84.5 Å². The molecule has 1 aliphatic rings. The Morgan fingerprint density at radius 2 is 1.73 bits per heavy atom. The predicted octanol–water partition coefficient (Wildman–Crippen LogP) is 6.76. The number of rotatable bonds is 8. The lowest BCUT2D eigenvalue weighted by atomic mass is 9.96. The second-order valence-corrected chi connectivity index (χ2v) is 11.4. The maximum absolute atomic E-state index is 12.8. The van der Waals surface area contributed by atoms with E-state index in [-0.39, 0.29) is 24.0 Å². The van der Waals surface area contributed by atoms with Crippen LogP contribution in [0.1, 0.15) is 52.0 Å². The molecule has 2 aromatic carbocycles. The van der Waals surface area contributed by atoms with E-state index in [4.69, 9.17) is 16.3 Å². The van der Waals surface area contributed by atoms with Gasteiger partial charge in [-0.05, 0) is 67.1 Å². The third-order valence-electron chi connectivity index (χ3n) is 6.08. The van der Waals surface area contributed by atoms with Gasteiger partial charge in [0, 0.05) is 20.5 Å². The number of amides is 2. The Morgan fingerprint density at radius 3 is 2.49 bits per heavy atom. The number of carbonyl (C=O) groups is 3. The second-order valence-electron chi connectivity index (χ2n) is 8.83. The Hall–Kier alpha value is -2.81. The SMILES string of the molecule is COC(=O)c1c(NC(=O)CSc2cccc(NC(=O)Cc3ccc(Cl)cc3)c2)sc2c1CCCCCC2. The average molecular weight is 557 g/mol. The summed E-state index contributed by atoms with van der Waals surface area (Å²) in [6, 6.07) is 14.6. The fourth-order valence-corrected chi connectivity index (χ4v) is 6.47. The first kappa shape index (κ1) is 27.2. The molecule has 3 aromatic rings. The molecule has 0 atom stereocenters. The molecule has 194 valence electrons. The van der Waals surface area contributed by atoms with Crippen molar-refractivity contribution in [3.05, 3.63) is 75.1 Å². The maximum atomic E-state index is 12.8. The van der Waals surface area contributed by atoms with Gasteiger partial charge in [0.05, 0.1) is 24.8 Å². The number of esters is 1. The fraction of sp³-hybridized carbons (Fsp3) is 0.321.